The first-order chi connectivity index (χ1) is 16.2. The van der Waals surface area contributed by atoms with Crippen molar-refractivity contribution in [1.82, 2.24) is 25.3 Å². The third-order valence-corrected chi connectivity index (χ3v) is 5.50. The topological polar surface area (TPSA) is 96.2 Å². The maximum atomic E-state index is 8.92. The van der Waals surface area contributed by atoms with Crippen molar-refractivity contribution in [3.63, 3.8) is 0 Å². The number of benzene rings is 1. The highest BCUT2D eigenvalue weighted by atomic mass is 16.3. The summed E-state index contributed by atoms with van der Waals surface area (Å²) in [7, 11) is 0. The Morgan fingerprint density at radius 3 is 2.61 bits per heavy atom. The number of aliphatic hydroxyl groups is 1. The molecule has 3 aromatic heterocycles. The Hall–Kier alpha value is -3.81. The number of aromatic nitrogens is 4. The average molecular weight is 437 g/mol. The molecule has 164 valence electrons. The minimum absolute atomic E-state index is 0.134. The molecule has 4 heterocycles. The summed E-state index contributed by atoms with van der Waals surface area (Å²) in [5.74, 6) is 0.600. The van der Waals surface area contributed by atoms with Gasteiger partial charge in [0.05, 0.1) is 12.3 Å². The summed E-state index contributed by atoms with van der Waals surface area (Å²) in [5.41, 5.74) is 8.29. The van der Waals surface area contributed by atoms with Crippen LogP contribution in [0.5, 0.6) is 0 Å². The lowest BCUT2D eigenvalue weighted by molar-refractivity contribution is 0.292. The molecule has 0 fully saturated rings. The van der Waals surface area contributed by atoms with Gasteiger partial charge in [0.25, 0.3) is 0 Å². The summed E-state index contributed by atoms with van der Waals surface area (Å²) >= 11 is 0. The molecule has 0 aliphatic carbocycles. The predicted molar refractivity (Wildman–Crippen MR) is 129 cm³/mol. The first kappa shape index (κ1) is 21.1. The van der Waals surface area contributed by atoms with Crippen LogP contribution in [-0.4, -0.2) is 44.4 Å². The van der Waals surface area contributed by atoms with Crippen LogP contribution >= 0.6 is 0 Å². The fourth-order valence-corrected chi connectivity index (χ4v) is 3.84. The molecule has 7 nitrogen and oxygen atoms in total. The van der Waals surface area contributed by atoms with Crippen molar-refractivity contribution in [1.29, 1.82) is 0 Å². The number of hydrogen-bond donors (Lipinski definition) is 2. The van der Waals surface area contributed by atoms with Crippen molar-refractivity contribution in [2.45, 2.75) is 19.9 Å². The van der Waals surface area contributed by atoms with E-state index in [4.69, 9.17) is 15.1 Å². The van der Waals surface area contributed by atoms with E-state index in [2.05, 4.69) is 50.6 Å². The van der Waals surface area contributed by atoms with Gasteiger partial charge in [-0.2, -0.15) is 0 Å². The molecule has 0 atom stereocenters. The van der Waals surface area contributed by atoms with Crippen LogP contribution in [0, 0.1) is 6.92 Å². The Labute approximate surface area is 192 Å². The van der Waals surface area contributed by atoms with Crippen LogP contribution in [0.1, 0.15) is 17.0 Å². The van der Waals surface area contributed by atoms with Gasteiger partial charge in [-0.1, -0.05) is 30.3 Å². The molecule has 0 saturated heterocycles. The number of aliphatic hydroxyl groups excluding tert-OH is 1. The van der Waals surface area contributed by atoms with Crippen LogP contribution in [0.15, 0.2) is 65.9 Å². The van der Waals surface area contributed by atoms with Gasteiger partial charge in [-0.15, -0.1) is 0 Å². The van der Waals surface area contributed by atoms with Crippen LogP contribution in [-0.2, 0) is 13.0 Å². The van der Waals surface area contributed by atoms with Crippen molar-refractivity contribution in [2.75, 3.05) is 13.2 Å². The fraction of sp³-hybridized carbons (Fsp3) is 0.192. The van der Waals surface area contributed by atoms with Gasteiger partial charge in [-0.05, 0) is 36.2 Å². The van der Waals surface area contributed by atoms with Crippen molar-refractivity contribution in [3.05, 3.63) is 77.9 Å². The quantitative estimate of drug-likeness (QED) is 0.426. The third-order valence-electron chi connectivity index (χ3n) is 5.50. The molecule has 0 radical (unpaired) electrons. The van der Waals surface area contributed by atoms with Crippen molar-refractivity contribution in [3.8, 4) is 33.9 Å². The highest BCUT2D eigenvalue weighted by molar-refractivity contribution is 5.85. The highest BCUT2D eigenvalue weighted by Gasteiger charge is 2.20. The molecule has 0 amide bonds. The summed E-state index contributed by atoms with van der Waals surface area (Å²) in [6.07, 6.45) is 6.23. The van der Waals surface area contributed by atoms with Crippen molar-refractivity contribution in [2.24, 2.45) is 4.99 Å². The molecule has 4 aromatic rings. The second-order valence-corrected chi connectivity index (χ2v) is 7.93. The number of fused-ring (bicyclic) bond motifs is 1. The van der Waals surface area contributed by atoms with E-state index in [0.29, 0.717) is 18.8 Å². The summed E-state index contributed by atoms with van der Waals surface area (Å²) < 4.78 is 0. The van der Waals surface area contributed by atoms with Crippen molar-refractivity contribution >= 4 is 11.9 Å². The molecule has 0 spiro atoms. The normalized spacial score (nSPS) is 12.2. The first-order valence-corrected chi connectivity index (χ1v) is 10.9. The zero-order chi connectivity index (χ0) is 22.6. The molecule has 1 aliphatic heterocycles. The average Bonchev–Trinajstić information content (AvgIpc) is 3.33. The summed E-state index contributed by atoms with van der Waals surface area (Å²) in [5, 5.41) is 12.1. The smallest absolute Gasteiger partial charge is 0.179 e. The minimum atomic E-state index is 0.134. The van der Waals surface area contributed by atoms with E-state index >= 15 is 0 Å². The standard InChI is InChI=1S/C26H24N6O/c1-17-3-2-4-23(30-17)26-31-22-9-10-29-25(22)24(32-26)21-13-20(15-28-16-21)19-7-5-18(6-8-19)14-27-11-12-33/h2-8,10,13,15-16,27,33H,9,11-12,14H2,1H3. The van der Waals surface area contributed by atoms with E-state index in [1.807, 2.05) is 43.7 Å². The van der Waals surface area contributed by atoms with E-state index in [9.17, 15) is 0 Å². The second kappa shape index (κ2) is 9.36. The van der Waals surface area contributed by atoms with Gasteiger partial charge in [-0.25, -0.2) is 15.0 Å². The van der Waals surface area contributed by atoms with Gasteiger partial charge in [0.2, 0.25) is 0 Å². The third kappa shape index (κ3) is 4.55. The van der Waals surface area contributed by atoms with Gasteiger partial charge in [0, 0.05) is 54.9 Å². The van der Waals surface area contributed by atoms with E-state index in [1.165, 1.54) is 0 Å². The van der Waals surface area contributed by atoms with Gasteiger partial charge in [-0.3, -0.25) is 9.98 Å². The number of hydrogen-bond acceptors (Lipinski definition) is 7. The SMILES string of the molecule is Cc1cccc(-c2nc3c(c(-c4cncc(-c5ccc(CNCCO)cc5)c4)n2)N=CC3)n1. The van der Waals surface area contributed by atoms with E-state index in [1.54, 1.807) is 0 Å². The maximum Gasteiger partial charge on any atom is 0.179 e. The number of aryl methyl sites for hydroxylation is 1. The molecule has 0 unspecified atom stereocenters. The van der Waals surface area contributed by atoms with Gasteiger partial charge in [0.15, 0.2) is 5.82 Å². The van der Waals surface area contributed by atoms with Crippen LogP contribution in [0.4, 0.5) is 5.69 Å². The molecular weight excluding hydrogens is 412 g/mol. The first-order valence-electron chi connectivity index (χ1n) is 10.9. The molecule has 5 rings (SSSR count). The van der Waals surface area contributed by atoms with Crippen LogP contribution in [0.25, 0.3) is 33.9 Å². The zero-order valence-electron chi connectivity index (χ0n) is 18.4. The summed E-state index contributed by atoms with van der Waals surface area (Å²) in [6.45, 7) is 3.40. The second-order valence-electron chi connectivity index (χ2n) is 7.93. The largest absolute Gasteiger partial charge is 0.395 e. The molecule has 0 saturated carbocycles. The van der Waals surface area contributed by atoms with Crippen LogP contribution in [0.2, 0.25) is 0 Å². The lowest BCUT2D eigenvalue weighted by Crippen LogP contribution is -2.17. The van der Waals surface area contributed by atoms with Gasteiger partial charge in [0.1, 0.15) is 17.1 Å². The maximum absolute atomic E-state index is 8.92. The van der Waals surface area contributed by atoms with Gasteiger partial charge >= 0.3 is 0 Å². The van der Waals surface area contributed by atoms with Crippen molar-refractivity contribution < 1.29 is 5.11 Å². The molecule has 1 aliphatic rings. The summed E-state index contributed by atoms with van der Waals surface area (Å²) in [6, 6.07) is 16.3. The van der Waals surface area contributed by atoms with E-state index in [0.717, 1.165) is 57.3 Å². The van der Waals surface area contributed by atoms with Crippen LogP contribution < -0.4 is 5.32 Å². The molecule has 33 heavy (non-hydrogen) atoms. The summed E-state index contributed by atoms with van der Waals surface area (Å²) in [4.78, 5) is 23.2. The molecule has 2 N–H and O–H groups in total. The Morgan fingerprint density at radius 1 is 0.939 bits per heavy atom. The number of rotatable bonds is 7. The molecule has 0 bridgehead atoms. The lowest BCUT2D eigenvalue weighted by Gasteiger charge is -2.11. The predicted octanol–water partition coefficient (Wildman–Crippen LogP) is 3.92. The Balaban J connectivity index is 1.50. The Bertz CT molecular complexity index is 1320. The minimum Gasteiger partial charge on any atom is -0.395 e. The molecule has 7 heteroatoms. The van der Waals surface area contributed by atoms with Gasteiger partial charge < -0.3 is 10.4 Å². The molecular formula is C26H24N6O. The fourth-order valence-electron chi connectivity index (χ4n) is 3.84. The number of aliphatic imine (C=N–C) groups is 1. The number of pyridine rings is 2. The van der Waals surface area contributed by atoms with E-state index in [-0.39, 0.29) is 6.61 Å². The van der Waals surface area contributed by atoms with Crippen LogP contribution in [0.3, 0.4) is 0 Å². The number of nitrogens with zero attached hydrogens (tertiary/aromatic N) is 5. The lowest BCUT2D eigenvalue weighted by atomic mass is 10.0. The monoisotopic (exact) mass is 436 g/mol. The Morgan fingerprint density at radius 2 is 1.79 bits per heavy atom. The zero-order valence-corrected chi connectivity index (χ0v) is 18.4. The molecule has 1 aromatic carbocycles. The highest BCUT2D eigenvalue weighted by Crippen LogP contribution is 2.36. The Kier molecular flexibility index (Phi) is 5.97. The van der Waals surface area contributed by atoms with E-state index < -0.39 is 0 Å². The number of nitrogens with one attached hydrogen (secondary N) is 1.